The van der Waals surface area contributed by atoms with Crippen molar-refractivity contribution in [1.29, 1.82) is 0 Å². The molecule has 0 unspecified atom stereocenters. The fourth-order valence-corrected chi connectivity index (χ4v) is 6.46. The maximum Gasteiger partial charge on any atom is 0.305 e. The van der Waals surface area contributed by atoms with Gasteiger partial charge >= 0.3 is 11.9 Å². The molecule has 3 aliphatic rings. The van der Waals surface area contributed by atoms with Crippen LogP contribution < -0.4 is 4.74 Å². The van der Waals surface area contributed by atoms with Crippen LogP contribution in [0.1, 0.15) is 69.9 Å². The first-order valence-electron chi connectivity index (χ1n) is 10.4. The first kappa shape index (κ1) is 19.3. The molecule has 5 nitrogen and oxygen atoms in total. The van der Waals surface area contributed by atoms with E-state index < -0.39 is 5.79 Å². The van der Waals surface area contributed by atoms with E-state index >= 15 is 0 Å². The van der Waals surface area contributed by atoms with Gasteiger partial charge in [-0.3, -0.25) is 9.59 Å². The topological polar surface area (TPSA) is 61.8 Å². The van der Waals surface area contributed by atoms with E-state index in [0.29, 0.717) is 24.2 Å². The third kappa shape index (κ3) is 2.82. The molecule has 2 fully saturated rings. The highest BCUT2D eigenvalue weighted by Gasteiger charge is 2.66. The molecule has 152 valence electrons. The van der Waals surface area contributed by atoms with Crippen molar-refractivity contribution in [2.75, 3.05) is 7.11 Å². The Hall–Kier alpha value is -2.04. The predicted molar refractivity (Wildman–Crippen MR) is 104 cm³/mol. The van der Waals surface area contributed by atoms with Gasteiger partial charge in [-0.05, 0) is 73.1 Å². The SMILES string of the molecule is COc1ccc2c(c1)CC[C@@H]1[C@@H]2CC[C@@]2(C)[C@@H]1CCC2(OC(C)=O)OC(C)=O. The van der Waals surface area contributed by atoms with E-state index in [4.69, 9.17) is 14.2 Å². The molecule has 0 saturated heterocycles. The van der Waals surface area contributed by atoms with Gasteiger partial charge in [0.15, 0.2) is 0 Å². The normalized spacial score (nSPS) is 32.5. The number of fused-ring (bicyclic) bond motifs is 5. The Labute approximate surface area is 166 Å². The number of hydrogen-bond acceptors (Lipinski definition) is 5. The largest absolute Gasteiger partial charge is 0.497 e. The first-order valence-corrected chi connectivity index (χ1v) is 10.4. The molecule has 0 aliphatic heterocycles. The summed E-state index contributed by atoms with van der Waals surface area (Å²) in [5.41, 5.74) is 2.50. The number of carbonyl (C=O) groups excluding carboxylic acids is 2. The fraction of sp³-hybridized carbons (Fsp3) is 0.652. The molecule has 28 heavy (non-hydrogen) atoms. The number of benzene rings is 1. The minimum Gasteiger partial charge on any atom is -0.497 e. The Kier molecular flexibility index (Phi) is 4.67. The first-order chi connectivity index (χ1) is 13.3. The second-order valence-electron chi connectivity index (χ2n) is 8.92. The van der Waals surface area contributed by atoms with Gasteiger partial charge in [0.2, 0.25) is 0 Å². The van der Waals surface area contributed by atoms with Crippen LogP contribution in [0.25, 0.3) is 0 Å². The number of methoxy groups -OCH3 is 1. The smallest absolute Gasteiger partial charge is 0.305 e. The van der Waals surface area contributed by atoms with Crippen molar-refractivity contribution in [2.24, 2.45) is 17.3 Å². The van der Waals surface area contributed by atoms with Crippen molar-refractivity contribution in [1.82, 2.24) is 0 Å². The Balaban J connectivity index is 1.68. The van der Waals surface area contributed by atoms with Crippen molar-refractivity contribution < 1.29 is 23.8 Å². The third-order valence-corrected chi connectivity index (χ3v) is 7.60. The van der Waals surface area contributed by atoms with Crippen molar-refractivity contribution in [3.8, 4) is 5.75 Å². The van der Waals surface area contributed by atoms with Gasteiger partial charge < -0.3 is 14.2 Å². The number of ether oxygens (including phenoxy) is 3. The molecular formula is C23H30O5. The molecule has 4 atom stereocenters. The van der Waals surface area contributed by atoms with Crippen LogP contribution in [0.5, 0.6) is 5.75 Å². The molecule has 4 rings (SSSR count). The van der Waals surface area contributed by atoms with E-state index in [9.17, 15) is 9.59 Å². The summed E-state index contributed by atoms with van der Waals surface area (Å²) in [6.07, 6.45) is 5.55. The van der Waals surface area contributed by atoms with Crippen LogP contribution in [0, 0.1) is 17.3 Å². The van der Waals surface area contributed by atoms with Crippen LogP contribution in [0.15, 0.2) is 18.2 Å². The van der Waals surface area contributed by atoms with Gasteiger partial charge in [-0.1, -0.05) is 13.0 Å². The zero-order valence-electron chi connectivity index (χ0n) is 17.2. The molecule has 0 bridgehead atoms. The van der Waals surface area contributed by atoms with E-state index in [-0.39, 0.29) is 17.4 Å². The number of aryl methyl sites for hydroxylation is 1. The highest BCUT2D eigenvalue weighted by Crippen LogP contribution is 2.65. The lowest BCUT2D eigenvalue weighted by atomic mass is 9.55. The summed E-state index contributed by atoms with van der Waals surface area (Å²) < 4.78 is 16.9. The Morgan fingerprint density at radius 1 is 1.04 bits per heavy atom. The maximum absolute atomic E-state index is 11.9. The van der Waals surface area contributed by atoms with Gasteiger partial charge in [0, 0.05) is 25.7 Å². The molecule has 3 aliphatic carbocycles. The van der Waals surface area contributed by atoms with Crippen LogP contribution in [0.4, 0.5) is 0 Å². The minimum atomic E-state index is -1.12. The summed E-state index contributed by atoms with van der Waals surface area (Å²) in [5, 5.41) is 0. The molecule has 5 heteroatoms. The average Bonchev–Trinajstić information content (AvgIpc) is 2.92. The molecule has 2 saturated carbocycles. The van der Waals surface area contributed by atoms with Crippen LogP contribution in [-0.4, -0.2) is 24.8 Å². The highest BCUT2D eigenvalue weighted by molar-refractivity contribution is 5.69. The summed E-state index contributed by atoms with van der Waals surface area (Å²) in [4.78, 5) is 23.8. The van der Waals surface area contributed by atoms with Gasteiger partial charge in [0.1, 0.15) is 5.75 Å². The van der Waals surface area contributed by atoms with Crippen molar-refractivity contribution in [3.05, 3.63) is 29.3 Å². The summed E-state index contributed by atoms with van der Waals surface area (Å²) >= 11 is 0. The van der Waals surface area contributed by atoms with Gasteiger partial charge in [-0.2, -0.15) is 0 Å². The van der Waals surface area contributed by atoms with Gasteiger partial charge in [0.25, 0.3) is 5.79 Å². The molecule has 0 amide bonds. The minimum absolute atomic E-state index is 0.338. The Morgan fingerprint density at radius 3 is 2.39 bits per heavy atom. The number of esters is 2. The summed E-state index contributed by atoms with van der Waals surface area (Å²) in [7, 11) is 1.71. The summed E-state index contributed by atoms with van der Waals surface area (Å²) in [5.74, 6) is 0.437. The highest BCUT2D eigenvalue weighted by atomic mass is 16.7. The van der Waals surface area contributed by atoms with Gasteiger partial charge in [-0.15, -0.1) is 0 Å². The van der Waals surface area contributed by atoms with Crippen LogP contribution in [-0.2, 0) is 25.5 Å². The number of hydrogen-bond donors (Lipinski definition) is 0. The van der Waals surface area contributed by atoms with E-state index in [0.717, 1.165) is 37.9 Å². The maximum atomic E-state index is 11.9. The van der Waals surface area contributed by atoms with Crippen LogP contribution >= 0.6 is 0 Å². The second-order valence-corrected chi connectivity index (χ2v) is 8.92. The van der Waals surface area contributed by atoms with E-state index in [1.54, 1.807) is 7.11 Å². The molecule has 0 radical (unpaired) electrons. The lowest BCUT2D eigenvalue weighted by molar-refractivity contribution is -0.270. The standard InChI is InChI=1S/C23H30O5/c1-14(24)27-23(28-15(2)25)12-10-21-20-7-5-16-13-17(26-4)6-8-18(16)19(20)9-11-22(21,23)3/h6,8,13,19-21H,5,7,9-12H2,1-4H3/t19-,20-,21-,22+/m1/s1. The average molecular weight is 386 g/mol. The number of carbonyl (C=O) groups is 2. The number of rotatable bonds is 3. The zero-order chi connectivity index (χ0) is 20.1. The Bertz CT molecular complexity index is 784. The van der Waals surface area contributed by atoms with E-state index in [2.05, 4.69) is 25.1 Å². The summed E-state index contributed by atoms with van der Waals surface area (Å²) in [6.45, 7) is 4.96. The molecule has 0 N–H and O–H groups in total. The zero-order valence-corrected chi connectivity index (χ0v) is 17.2. The molecule has 0 spiro atoms. The van der Waals surface area contributed by atoms with Gasteiger partial charge in [0.05, 0.1) is 7.11 Å². The quantitative estimate of drug-likeness (QED) is 0.570. The molecule has 0 aromatic heterocycles. The lowest BCUT2D eigenvalue weighted by Crippen LogP contribution is -2.54. The van der Waals surface area contributed by atoms with Crippen LogP contribution in [0.2, 0.25) is 0 Å². The molecule has 1 aromatic carbocycles. The van der Waals surface area contributed by atoms with Crippen LogP contribution in [0.3, 0.4) is 0 Å². The molecule has 1 aromatic rings. The predicted octanol–water partition coefficient (Wildman–Crippen LogP) is 4.37. The van der Waals surface area contributed by atoms with E-state index in [1.807, 2.05) is 0 Å². The lowest BCUT2D eigenvalue weighted by Gasteiger charge is -2.53. The molecule has 0 heterocycles. The third-order valence-electron chi connectivity index (χ3n) is 7.60. The van der Waals surface area contributed by atoms with E-state index in [1.165, 1.54) is 25.0 Å². The second kappa shape index (κ2) is 6.78. The van der Waals surface area contributed by atoms with Gasteiger partial charge in [-0.25, -0.2) is 0 Å². The Morgan fingerprint density at radius 2 is 1.75 bits per heavy atom. The molecular weight excluding hydrogens is 356 g/mol. The summed E-state index contributed by atoms with van der Waals surface area (Å²) in [6, 6.07) is 6.47. The monoisotopic (exact) mass is 386 g/mol. The van der Waals surface area contributed by atoms with Crippen molar-refractivity contribution in [3.63, 3.8) is 0 Å². The van der Waals surface area contributed by atoms with Crippen molar-refractivity contribution >= 4 is 11.9 Å². The fourth-order valence-electron chi connectivity index (χ4n) is 6.46. The van der Waals surface area contributed by atoms with Crippen molar-refractivity contribution in [2.45, 2.75) is 71.0 Å².